The van der Waals surface area contributed by atoms with E-state index in [-0.39, 0.29) is 11.9 Å². The molecule has 0 spiro atoms. The molecule has 88 valence electrons. The molecule has 1 aromatic carbocycles. The van der Waals surface area contributed by atoms with Gasteiger partial charge in [-0.3, -0.25) is 0 Å². The summed E-state index contributed by atoms with van der Waals surface area (Å²) in [5.74, 6) is -0.183. The molecule has 2 rings (SSSR count). The highest BCUT2D eigenvalue weighted by Crippen LogP contribution is 2.30. The fourth-order valence-corrected chi connectivity index (χ4v) is 2.44. The first-order chi connectivity index (χ1) is 8.16. The lowest BCUT2D eigenvalue weighted by atomic mass is 10.2. The van der Waals surface area contributed by atoms with Crippen LogP contribution in [0.2, 0.25) is 0 Å². The van der Waals surface area contributed by atoms with E-state index in [1.54, 1.807) is 23.5 Å². The molecule has 0 saturated heterocycles. The Hall–Kier alpha value is -1.45. The van der Waals surface area contributed by atoms with Crippen molar-refractivity contribution in [1.82, 2.24) is 0 Å². The van der Waals surface area contributed by atoms with E-state index in [1.807, 2.05) is 37.3 Å². The minimum absolute atomic E-state index is 0.0361. The largest absolute Gasteiger partial charge is 0.325 e. The first-order valence-corrected chi connectivity index (χ1v) is 6.27. The fourth-order valence-electron chi connectivity index (χ4n) is 1.49. The molecule has 3 heteroatoms. The third-order valence-electron chi connectivity index (χ3n) is 2.33. The maximum absolute atomic E-state index is 13.6. The lowest BCUT2D eigenvalue weighted by molar-refractivity contribution is 0.631. The van der Waals surface area contributed by atoms with Crippen LogP contribution in [0.3, 0.4) is 0 Å². The minimum atomic E-state index is -0.183. The molecule has 0 aliphatic heterocycles. The molecule has 1 nitrogen and oxygen atoms in total. The maximum atomic E-state index is 13.6. The van der Waals surface area contributed by atoms with Crippen LogP contribution in [-0.2, 0) is 0 Å². The molecule has 0 aliphatic rings. The summed E-state index contributed by atoms with van der Waals surface area (Å²) >= 11 is 1.56. The van der Waals surface area contributed by atoms with Gasteiger partial charge in [-0.2, -0.15) is 0 Å². The molecule has 0 bridgehead atoms. The van der Waals surface area contributed by atoms with Crippen molar-refractivity contribution in [3.63, 3.8) is 0 Å². The zero-order chi connectivity index (χ0) is 12.3. The Kier molecular flexibility index (Phi) is 3.71. The average Bonchev–Trinajstić information content (AvgIpc) is 2.75. The van der Waals surface area contributed by atoms with E-state index in [0.717, 1.165) is 9.75 Å². The van der Waals surface area contributed by atoms with Gasteiger partial charge in [-0.05, 0) is 31.2 Å². The lowest BCUT2D eigenvalue weighted by Crippen LogP contribution is -2.09. The summed E-state index contributed by atoms with van der Waals surface area (Å²) in [5, 5.41) is 0. The maximum Gasteiger partial charge on any atom is 0.131 e. The average molecular weight is 247 g/mol. The van der Waals surface area contributed by atoms with Gasteiger partial charge in [0, 0.05) is 21.4 Å². The van der Waals surface area contributed by atoms with Crippen molar-refractivity contribution < 1.29 is 4.39 Å². The van der Waals surface area contributed by atoms with Crippen LogP contribution in [0.25, 0.3) is 16.5 Å². The molecular weight excluding hydrogens is 233 g/mol. The highest BCUT2D eigenvalue weighted by Gasteiger charge is 2.05. The molecule has 0 aliphatic carbocycles. The van der Waals surface area contributed by atoms with Crippen molar-refractivity contribution in [2.45, 2.75) is 13.0 Å². The highest BCUT2D eigenvalue weighted by atomic mass is 32.1. The van der Waals surface area contributed by atoms with Crippen LogP contribution in [0.15, 0.2) is 42.5 Å². The molecule has 17 heavy (non-hydrogen) atoms. The summed E-state index contributed by atoms with van der Waals surface area (Å²) in [5.41, 5.74) is 6.29. The quantitative estimate of drug-likeness (QED) is 0.874. The van der Waals surface area contributed by atoms with Crippen molar-refractivity contribution in [3.05, 3.63) is 53.2 Å². The van der Waals surface area contributed by atoms with Crippen LogP contribution >= 0.6 is 11.3 Å². The highest BCUT2D eigenvalue weighted by molar-refractivity contribution is 7.16. The Balaban J connectivity index is 2.27. The van der Waals surface area contributed by atoms with E-state index in [1.165, 1.54) is 6.07 Å². The number of benzene rings is 1. The van der Waals surface area contributed by atoms with Crippen LogP contribution in [0, 0.1) is 5.82 Å². The van der Waals surface area contributed by atoms with Crippen molar-refractivity contribution in [1.29, 1.82) is 0 Å². The molecule has 1 atom stereocenters. The van der Waals surface area contributed by atoms with E-state index in [9.17, 15) is 4.39 Å². The predicted octanol–water partition coefficient (Wildman–Crippen LogP) is 3.91. The molecule has 2 aromatic rings. The first kappa shape index (κ1) is 12.0. The summed E-state index contributed by atoms with van der Waals surface area (Å²) in [7, 11) is 0. The number of rotatable bonds is 3. The Morgan fingerprint density at radius 2 is 2.00 bits per heavy atom. The SMILES string of the molecule is CC(N)/C=C/c1ccc(-c2ccccc2F)s1. The molecule has 1 heterocycles. The third-order valence-corrected chi connectivity index (χ3v) is 3.41. The molecule has 0 fully saturated rings. The van der Waals surface area contributed by atoms with Gasteiger partial charge in [-0.25, -0.2) is 4.39 Å². The van der Waals surface area contributed by atoms with Gasteiger partial charge in [-0.15, -0.1) is 11.3 Å². The van der Waals surface area contributed by atoms with Gasteiger partial charge in [-0.1, -0.05) is 24.3 Å². The van der Waals surface area contributed by atoms with E-state index in [4.69, 9.17) is 5.73 Å². The summed E-state index contributed by atoms with van der Waals surface area (Å²) in [6, 6.07) is 10.8. The van der Waals surface area contributed by atoms with Crippen molar-refractivity contribution in [2.24, 2.45) is 5.73 Å². The molecule has 2 N–H and O–H groups in total. The second kappa shape index (κ2) is 5.25. The summed E-state index contributed by atoms with van der Waals surface area (Å²) in [6.07, 6.45) is 3.90. The van der Waals surface area contributed by atoms with E-state index < -0.39 is 0 Å². The van der Waals surface area contributed by atoms with Crippen molar-refractivity contribution in [2.75, 3.05) is 0 Å². The zero-order valence-corrected chi connectivity index (χ0v) is 10.4. The van der Waals surface area contributed by atoms with Gasteiger partial charge in [0.05, 0.1) is 0 Å². The molecule has 0 amide bonds. The monoisotopic (exact) mass is 247 g/mol. The number of thiophene rings is 1. The molecular formula is C14H14FNS. The Morgan fingerprint density at radius 3 is 2.71 bits per heavy atom. The van der Waals surface area contributed by atoms with E-state index >= 15 is 0 Å². The first-order valence-electron chi connectivity index (χ1n) is 5.45. The fraction of sp³-hybridized carbons (Fsp3) is 0.143. The molecule has 0 saturated carbocycles. The second-order valence-electron chi connectivity index (χ2n) is 3.90. The lowest BCUT2D eigenvalue weighted by Gasteiger charge is -1.98. The summed E-state index contributed by atoms with van der Waals surface area (Å²) in [4.78, 5) is 2.02. The van der Waals surface area contributed by atoms with Gasteiger partial charge in [0.25, 0.3) is 0 Å². The standard InChI is InChI=1S/C14H14FNS/c1-10(16)6-7-11-8-9-14(17-11)12-4-2-3-5-13(12)15/h2-10H,16H2,1H3/b7-6+. The normalized spacial score (nSPS) is 13.1. The zero-order valence-electron chi connectivity index (χ0n) is 9.56. The number of nitrogens with two attached hydrogens (primary N) is 1. The number of hydrogen-bond acceptors (Lipinski definition) is 2. The molecule has 1 unspecified atom stereocenters. The van der Waals surface area contributed by atoms with Gasteiger partial charge in [0.15, 0.2) is 0 Å². The van der Waals surface area contributed by atoms with Crippen LogP contribution in [-0.4, -0.2) is 6.04 Å². The Morgan fingerprint density at radius 1 is 1.24 bits per heavy atom. The van der Waals surface area contributed by atoms with E-state index in [0.29, 0.717) is 5.56 Å². The van der Waals surface area contributed by atoms with Crippen LogP contribution in [0.4, 0.5) is 4.39 Å². The van der Waals surface area contributed by atoms with E-state index in [2.05, 4.69) is 0 Å². The predicted molar refractivity (Wildman–Crippen MR) is 72.4 cm³/mol. The minimum Gasteiger partial charge on any atom is -0.325 e. The molecule has 1 aromatic heterocycles. The van der Waals surface area contributed by atoms with Crippen LogP contribution in [0.5, 0.6) is 0 Å². The summed E-state index contributed by atoms with van der Waals surface area (Å²) in [6.45, 7) is 1.92. The van der Waals surface area contributed by atoms with Crippen molar-refractivity contribution >= 4 is 17.4 Å². The topological polar surface area (TPSA) is 26.0 Å². The Labute approximate surface area is 104 Å². The van der Waals surface area contributed by atoms with Gasteiger partial charge < -0.3 is 5.73 Å². The third kappa shape index (κ3) is 3.02. The smallest absolute Gasteiger partial charge is 0.131 e. The number of halogens is 1. The summed E-state index contributed by atoms with van der Waals surface area (Å²) < 4.78 is 13.6. The Bertz CT molecular complexity index is 529. The van der Waals surface area contributed by atoms with Crippen LogP contribution in [0.1, 0.15) is 11.8 Å². The van der Waals surface area contributed by atoms with Crippen LogP contribution < -0.4 is 5.73 Å². The molecule has 0 radical (unpaired) electrons. The van der Waals surface area contributed by atoms with Crippen molar-refractivity contribution in [3.8, 4) is 10.4 Å². The second-order valence-corrected chi connectivity index (χ2v) is 5.02. The van der Waals surface area contributed by atoms with Gasteiger partial charge in [0.2, 0.25) is 0 Å². The van der Waals surface area contributed by atoms with Gasteiger partial charge >= 0.3 is 0 Å². The van der Waals surface area contributed by atoms with Gasteiger partial charge in [0.1, 0.15) is 5.82 Å². The number of hydrogen-bond donors (Lipinski definition) is 1.